The molecule has 0 fully saturated rings. The van der Waals surface area contributed by atoms with Gasteiger partial charge in [0.25, 0.3) is 0 Å². The normalized spacial score (nSPS) is 11.6. The fraction of sp³-hybridized carbons (Fsp3) is 0.462. The molecule has 6 heteroatoms. The molecule has 3 nitrogen and oxygen atoms in total. The van der Waals surface area contributed by atoms with Crippen LogP contribution in [0.5, 0.6) is 0 Å². The Balaban J connectivity index is 0.00000324. The molecule has 1 aromatic carbocycles. The van der Waals surface area contributed by atoms with Gasteiger partial charge in [0.05, 0.1) is 0 Å². The van der Waals surface area contributed by atoms with Gasteiger partial charge in [0.2, 0.25) is 5.91 Å². The van der Waals surface area contributed by atoms with Gasteiger partial charge in [-0.2, -0.15) is 0 Å². The van der Waals surface area contributed by atoms with Crippen molar-refractivity contribution in [2.45, 2.75) is 19.8 Å². The maximum atomic E-state index is 11.6. The summed E-state index contributed by atoms with van der Waals surface area (Å²) in [5, 5.41) is 3.56. The van der Waals surface area contributed by atoms with Gasteiger partial charge in [-0.1, -0.05) is 34.5 Å². The van der Waals surface area contributed by atoms with Crippen LogP contribution in [0.1, 0.15) is 18.9 Å². The molecule has 1 unspecified atom stereocenters. The second-order valence-corrected chi connectivity index (χ2v) is 5.67. The maximum absolute atomic E-state index is 11.6. The minimum absolute atomic E-state index is 0. The molecular formula is C13H19BrCl2N2O. The first-order valence-corrected chi connectivity index (χ1v) is 7.10. The van der Waals surface area contributed by atoms with Gasteiger partial charge in [-0.25, -0.2) is 0 Å². The van der Waals surface area contributed by atoms with Gasteiger partial charge in [-0.15, -0.1) is 12.4 Å². The molecule has 0 radical (unpaired) electrons. The number of nitrogens with two attached hydrogens (primary N) is 1. The predicted octanol–water partition coefficient (Wildman–Crippen LogP) is 3.17. The van der Waals surface area contributed by atoms with Crippen molar-refractivity contribution in [2.24, 2.45) is 11.7 Å². The molecule has 1 amide bonds. The van der Waals surface area contributed by atoms with Gasteiger partial charge in [0, 0.05) is 22.5 Å². The van der Waals surface area contributed by atoms with E-state index in [0.29, 0.717) is 36.9 Å². The Kier molecular flexibility index (Phi) is 9.44. The number of halogens is 3. The second-order valence-electron chi connectivity index (χ2n) is 4.38. The van der Waals surface area contributed by atoms with Gasteiger partial charge < -0.3 is 11.1 Å². The van der Waals surface area contributed by atoms with E-state index in [1.54, 1.807) is 0 Å². The highest BCUT2D eigenvalue weighted by atomic mass is 79.9. The Morgan fingerprint density at radius 3 is 2.84 bits per heavy atom. The molecule has 0 spiro atoms. The standard InChI is InChI=1S/C13H18BrClN2O.ClH/c1-9(7-16)8-17-13(18)5-2-10-6-11(15)3-4-12(10)14;/h3-4,6,9H,2,5,7-8,16H2,1H3,(H,17,18);1H. The summed E-state index contributed by atoms with van der Waals surface area (Å²) in [6.07, 6.45) is 1.13. The number of hydrogen-bond donors (Lipinski definition) is 2. The van der Waals surface area contributed by atoms with Crippen molar-refractivity contribution in [3.8, 4) is 0 Å². The van der Waals surface area contributed by atoms with E-state index in [4.69, 9.17) is 17.3 Å². The van der Waals surface area contributed by atoms with E-state index in [9.17, 15) is 4.79 Å². The molecule has 108 valence electrons. The molecule has 0 saturated heterocycles. The average molecular weight is 370 g/mol. The van der Waals surface area contributed by atoms with Crippen LogP contribution in [0.3, 0.4) is 0 Å². The number of amides is 1. The van der Waals surface area contributed by atoms with Crippen LogP contribution >= 0.6 is 39.9 Å². The molecule has 19 heavy (non-hydrogen) atoms. The van der Waals surface area contributed by atoms with Crippen LogP contribution in [-0.4, -0.2) is 19.0 Å². The third-order valence-electron chi connectivity index (χ3n) is 2.68. The van der Waals surface area contributed by atoms with Crippen molar-refractivity contribution < 1.29 is 4.79 Å². The highest BCUT2D eigenvalue weighted by Crippen LogP contribution is 2.22. The van der Waals surface area contributed by atoms with Crippen LogP contribution < -0.4 is 11.1 Å². The van der Waals surface area contributed by atoms with Crippen molar-refractivity contribution in [3.63, 3.8) is 0 Å². The zero-order valence-electron chi connectivity index (χ0n) is 10.8. The largest absolute Gasteiger partial charge is 0.356 e. The van der Waals surface area contributed by atoms with Gasteiger partial charge in [-0.3, -0.25) is 4.79 Å². The molecule has 1 atom stereocenters. The summed E-state index contributed by atoms with van der Waals surface area (Å²) >= 11 is 9.37. The molecule has 0 aliphatic rings. The molecule has 0 bridgehead atoms. The van der Waals surface area contributed by atoms with Crippen molar-refractivity contribution in [1.29, 1.82) is 0 Å². The van der Waals surface area contributed by atoms with Gasteiger partial charge >= 0.3 is 0 Å². The molecule has 0 saturated carbocycles. The third-order valence-corrected chi connectivity index (χ3v) is 3.69. The molecule has 0 aliphatic carbocycles. The molecule has 0 aliphatic heterocycles. The van der Waals surface area contributed by atoms with Crippen molar-refractivity contribution in [3.05, 3.63) is 33.3 Å². The Bertz CT molecular complexity index is 416. The number of hydrogen-bond acceptors (Lipinski definition) is 2. The fourth-order valence-electron chi connectivity index (χ4n) is 1.44. The van der Waals surface area contributed by atoms with E-state index in [1.807, 2.05) is 25.1 Å². The predicted molar refractivity (Wildman–Crippen MR) is 85.9 cm³/mol. The van der Waals surface area contributed by atoms with E-state index < -0.39 is 0 Å². The number of rotatable bonds is 6. The zero-order chi connectivity index (χ0) is 13.5. The minimum Gasteiger partial charge on any atom is -0.356 e. The van der Waals surface area contributed by atoms with Crippen molar-refractivity contribution in [1.82, 2.24) is 5.32 Å². The number of aryl methyl sites for hydroxylation is 1. The Morgan fingerprint density at radius 1 is 1.53 bits per heavy atom. The summed E-state index contributed by atoms with van der Waals surface area (Å²) in [5.41, 5.74) is 6.53. The SMILES string of the molecule is CC(CN)CNC(=O)CCc1cc(Cl)ccc1Br.Cl. The highest BCUT2D eigenvalue weighted by molar-refractivity contribution is 9.10. The van der Waals surface area contributed by atoms with Crippen LogP contribution in [0.2, 0.25) is 5.02 Å². The van der Waals surface area contributed by atoms with Crippen molar-refractivity contribution in [2.75, 3.05) is 13.1 Å². The topological polar surface area (TPSA) is 55.1 Å². The molecule has 3 N–H and O–H groups in total. The van der Waals surface area contributed by atoms with E-state index >= 15 is 0 Å². The lowest BCUT2D eigenvalue weighted by Gasteiger charge is -2.10. The molecular weight excluding hydrogens is 351 g/mol. The number of benzene rings is 1. The number of carbonyl (C=O) groups excluding carboxylic acids is 1. The summed E-state index contributed by atoms with van der Waals surface area (Å²) in [6, 6.07) is 5.59. The Hall–Kier alpha value is -0.290. The van der Waals surface area contributed by atoms with Gasteiger partial charge in [-0.05, 0) is 42.6 Å². The minimum atomic E-state index is 0. The van der Waals surface area contributed by atoms with E-state index in [-0.39, 0.29) is 18.3 Å². The number of carbonyl (C=O) groups is 1. The number of nitrogens with one attached hydrogen (secondary N) is 1. The Labute approximate surface area is 133 Å². The summed E-state index contributed by atoms with van der Waals surface area (Å²) in [7, 11) is 0. The molecule has 1 aromatic rings. The maximum Gasteiger partial charge on any atom is 0.220 e. The Morgan fingerprint density at radius 2 is 2.21 bits per heavy atom. The monoisotopic (exact) mass is 368 g/mol. The van der Waals surface area contributed by atoms with E-state index in [2.05, 4.69) is 21.2 Å². The van der Waals surface area contributed by atoms with E-state index in [0.717, 1.165) is 10.0 Å². The molecule has 0 aromatic heterocycles. The average Bonchev–Trinajstić information content (AvgIpc) is 2.36. The quantitative estimate of drug-likeness (QED) is 0.809. The second kappa shape index (κ2) is 9.59. The smallest absolute Gasteiger partial charge is 0.220 e. The van der Waals surface area contributed by atoms with Gasteiger partial charge in [0.1, 0.15) is 0 Å². The molecule has 0 heterocycles. The lowest BCUT2D eigenvalue weighted by atomic mass is 10.1. The first-order valence-electron chi connectivity index (χ1n) is 5.93. The van der Waals surface area contributed by atoms with Crippen LogP contribution in [-0.2, 0) is 11.2 Å². The zero-order valence-corrected chi connectivity index (χ0v) is 13.9. The highest BCUT2D eigenvalue weighted by Gasteiger charge is 2.07. The molecule has 1 rings (SSSR count). The van der Waals surface area contributed by atoms with Crippen LogP contribution in [0.4, 0.5) is 0 Å². The van der Waals surface area contributed by atoms with Gasteiger partial charge in [0.15, 0.2) is 0 Å². The third kappa shape index (κ3) is 7.16. The van der Waals surface area contributed by atoms with Crippen LogP contribution in [0.15, 0.2) is 22.7 Å². The fourth-order valence-corrected chi connectivity index (χ4v) is 2.08. The first kappa shape index (κ1) is 18.7. The van der Waals surface area contributed by atoms with Crippen LogP contribution in [0.25, 0.3) is 0 Å². The summed E-state index contributed by atoms with van der Waals surface area (Å²) in [5.74, 6) is 0.356. The first-order chi connectivity index (χ1) is 8.52. The summed E-state index contributed by atoms with van der Waals surface area (Å²) in [6.45, 7) is 3.22. The van der Waals surface area contributed by atoms with Crippen LogP contribution in [0, 0.1) is 5.92 Å². The van der Waals surface area contributed by atoms with E-state index in [1.165, 1.54) is 0 Å². The van der Waals surface area contributed by atoms with Crippen molar-refractivity contribution >= 4 is 45.8 Å². The lowest BCUT2D eigenvalue weighted by Crippen LogP contribution is -2.31. The summed E-state index contributed by atoms with van der Waals surface area (Å²) < 4.78 is 0.982. The lowest BCUT2D eigenvalue weighted by molar-refractivity contribution is -0.121. The summed E-state index contributed by atoms with van der Waals surface area (Å²) in [4.78, 5) is 11.6.